The number of aryl methyl sites for hydroxylation is 1. The highest BCUT2D eigenvalue weighted by atomic mass is 19.1. The molecule has 0 atom stereocenters. The van der Waals surface area contributed by atoms with Gasteiger partial charge in [-0.1, -0.05) is 11.2 Å². The Morgan fingerprint density at radius 3 is 2.81 bits per heavy atom. The first-order valence-electron chi connectivity index (χ1n) is 11.1. The van der Waals surface area contributed by atoms with Gasteiger partial charge >= 0.3 is 5.97 Å². The lowest BCUT2D eigenvalue weighted by Crippen LogP contribution is -2.34. The molecule has 5 rings (SSSR count). The van der Waals surface area contributed by atoms with Gasteiger partial charge in [0.05, 0.1) is 18.4 Å². The van der Waals surface area contributed by atoms with Crippen molar-refractivity contribution in [2.24, 2.45) is 0 Å². The summed E-state index contributed by atoms with van der Waals surface area (Å²) in [4.78, 5) is 14.3. The van der Waals surface area contributed by atoms with E-state index < -0.39 is 0 Å². The number of esters is 1. The smallest absolute Gasteiger partial charge is 0.337 e. The molecule has 1 saturated heterocycles. The largest absolute Gasteiger partial charge is 0.465 e. The molecule has 1 fully saturated rings. The highest BCUT2D eigenvalue weighted by molar-refractivity contribution is 5.94. The number of carbonyl (C=O) groups is 1. The van der Waals surface area contributed by atoms with Crippen molar-refractivity contribution in [1.29, 1.82) is 0 Å². The van der Waals surface area contributed by atoms with Crippen LogP contribution in [-0.4, -0.2) is 47.3 Å². The number of ether oxygens (including phenoxy) is 1. The van der Waals surface area contributed by atoms with Crippen LogP contribution in [-0.2, 0) is 11.3 Å². The minimum atomic E-state index is -0.312. The minimum Gasteiger partial charge on any atom is -0.465 e. The Morgan fingerprint density at radius 1 is 1.16 bits per heavy atom. The summed E-state index contributed by atoms with van der Waals surface area (Å²) in [6, 6.07) is 12.4. The predicted molar refractivity (Wildman–Crippen MR) is 120 cm³/mol. The number of fused-ring (bicyclic) bond motifs is 2. The van der Waals surface area contributed by atoms with Crippen LogP contribution >= 0.6 is 0 Å². The van der Waals surface area contributed by atoms with Crippen LogP contribution in [0, 0.1) is 5.82 Å². The number of nitrogens with zero attached hydrogens (tertiary/aromatic N) is 3. The number of rotatable bonds is 6. The Bertz CT molecular complexity index is 1250. The summed E-state index contributed by atoms with van der Waals surface area (Å²) in [7, 11) is 1.40. The standard InChI is InChI=1S/C25H26FN3O3/c1-31-25(30)19-4-3-17-9-14-29(22(17)15-19)11-2-10-28-12-7-18(8-13-28)24-21-6-5-20(26)16-23(21)32-27-24/h3-6,9,14-16,18H,2,7-8,10-13H2,1H3. The lowest BCUT2D eigenvalue weighted by molar-refractivity contribution is 0.0601. The van der Waals surface area contributed by atoms with E-state index in [0.29, 0.717) is 17.1 Å². The zero-order valence-corrected chi connectivity index (χ0v) is 18.1. The number of halogens is 1. The molecule has 2 aromatic carbocycles. The van der Waals surface area contributed by atoms with Gasteiger partial charge in [0.2, 0.25) is 0 Å². The second kappa shape index (κ2) is 8.74. The van der Waals surface area contributed by atoms with E-state index in [9.17, 15) is 9.18 Å². The summed E-state index contributed by atoms with van der Waals surface area (Å²) in [5.74, 6) is -0.261. The fourth-order valence-corrected chi connectivity index (χ4v) is 4.74. The Labute approximate surface area is 185 Å². The molecule has 0 unspecified atom stereocenters. The molecule has 2 aromatic heterocycles. The number of hydrogen-bond acceptors (Lipinski definition) is 5. The molecule has 3 heterocycles. The number of benzene rings is 2. The Hall–Kier alpha value is -3.19. The first kappa shape index (κ1) is 20.7. The van der Waals surface area contributed by atoms with Crippen LogP contribution in [0.25, 0.3) is 21.9 Å². The molecule has 6 nitrogen and oxygen atoms in total. The van der Waals surface area contributed by atoms with Crippen molar-refractivity contribution < 1.29 is 18.4 Å². The molecule has 166 valence electrons. The molecule has 0 aliphatic carbocycles. The maximum atomic E-state index is 13.4. The van der Waals surface area contributed by atoms with Gasteiger partial charge in [-0.05, 0) is 74.6 Å². The van der Waals surface area contributed by atoms with Gasteiger partial charge in [0, 0.05) is 35.6 Å². The van der Waals surface area contributed by atoms with Gasteiger partial charge in [0.25, 0.3) is 0 Å². The molecular formula is C25H26FN3O3. The topological polar surface area (TPSA) is 60.5 Å². The van der Waals surface area contributed by atoms with Gasteiger partial charge in [-0.3, -0.25) is 0 Å². The third-order valence-corrected chi connectivity index (χ3v) is 6.50. The number of hydrogen-bond donors (Lipinski definition) is 0. The Morgan fingerprint density at radius 2 is 2.00 bits per heavy atom. The van der Waals surface area contributed by atoms with Gasteiger partial charge < -0.3 is 18.7 Å². The monoisotopic (exact) mass is 435 g/mol. The maximum absolute atomic E-state index is 13.4. The Kier molecular flexibility index (Phi) is 5.66. The maximum Gasteiger partial charge on any atom is 0.337 e. The second-order valence-electron chi connectivity index (χ2n) is 8.45. The first-order chi connectivity index (χ1) is 15.6. The van der Waals surface area contributed by atoms with E-state index in [1.165, 1.54) is 19.2 Å². The highest BCUT2D eigenvalue weighted by Crippen LogP contribution is 2.32. The highest BCUT2D eigenvalue weighted by Gasteiger charge is 2.25. The van der Waals surface area contributed by atoms with Gasteiger partial charge in [-0.15, -0.1) is 0 Å². The molecule has 7 heteroatoms. The van der Waals surface area contributed by atoms with E-state index in [2.05, 4.69) is 26.9 Å². The van der Waals surface area contributed by atoms with E-state index in [1.807, 2.05) is 12.1 Å². The van der Waals surface area contributed by atoms with E-state index in [-0.39, 0.29) is 11.8 Å². The van der Waals surface area contributed by atoms with Crippen LogP contribution in [0.5, 0.6) is 0 Å². The molecular weight excluding hydrogens is 409 g/mol. The van der Waals surface area contributed by atoms with Crippen molar-refractivity contribution in [2.45, 2.75) is 31.7 Å². The van der Waals surface area contributed by atoms with Crippen LogP contribution in [0.15, 0.2) is 53.2 Å². The van der Waals surface area contributed by atoms with Crippen molar-refractivity contribution >= 4 is 27.8 Å². The minimum absolute atomic E-state index is 0.299. The molecule has 32 heavy (non-hydrogen) atoms. The molecule has 4 aromatic rings. The number of piperidine rings is 1. The zero-order valence-electron chi connectivity index (χ0n) is 18.1. The number of aromatic nitrogens is 2. The van der Waals surface area contributed by atoms with Crippen molar-refractivity contribution in [1.82, 2.24) is 14.6 Å². The predicted octanol–water partition coefficient (Wildman–Crippen LogP) is 4.98. The van der Waals surface area contributed by atoms with Crippen molar-refractivity contribution in [3.05, 3.63) is 65.7 Å². The molecule has 0 N–H and O–H groups in total. The van der Waals surface area contributed by atoms with Crippen LogP contribution in [0.4, 0.5) is 4.39 Å². The summed E-state index contributed by atoms with van der Waals surface area (Å²) in [6.07, 6.45) is 5.15. The quantitative estimate of drug-likeness (QED) is 0.400. The third kappa shape index (κ3) is 4.00. The lowest BCUT2D eigenvalue weighted by atomic mass is 9.91. The number of likely N-dealkylation sites (tertiary alicyclic amines) is 1. The normalized spacial score (nSPS) is 15.6. The van der Waals surface area contributed by atoms with E-state index in [4.69, 9.17) is 9.26 Å². The second-order valence-corrected chi connectivity index (χ2v) is 8.45. The van der Waals surface area contributed by atoms with Gasteiger partial charge in [-0.2, -0.15) is 0 Å². The first-order valence-corrected chi connectivity index (χ1v) is 11.1. The molecule has 0 spiro atoms. The van der Waals surface area contributed by atoms with Gasteiger partial charge in [0.15, 0.2) is 5.58 Å². The van der Waals surface area contributed by atoms with E-state index in [1.54, 1.807) is 12.1 Å². The molecule has 0 amide bonds. The van der Waals surface area contributed by atoms with Gasteiger partial charge in [-0.25, -0.2) is 9.18 Å². The average molecular weight is 435 g/mol. The summed E-state index contributed by atoms with van der Waals surface area (Å²) in [5.41, 5.74) is 3.11. The third-order valence-electron chi connectivity index (χ3n) is 6.50. The molecule has 0 saturated carbocycles. The summed E-state index contributed by atoms with van der Waals surface area (Å²) in [5, 5.41) is 6.29. The zero-order chi connectivity index (χ0) is 22.1. The van der Waals surface area contributed by atoms with Crippen molar-refractivity contribution in [3.8, 4) is 0 Å². The van der Waals surface area contributed by atoms with Crippen LogP contribution in [0.3, 0.4) is 0 Å². The summed E-state index contributed by atoms with van der Waals surface area (Å²) >= 11 is 0. The fraction of sp³-hybridized carbons (Fsp3) is 0.360. The lowest BCUT2D eigenvalue weighted by Gasteiger charge is -2.31. The van der Waals surface area contributed by atoms with E-state index in [0.717, 1.165) is 67.4 Å². The average Bonchev–Trinajstić information content (AvgIpc) is 3.42. The fourth-order valence-electron chi connectivity index (χ4n) is 4.74. The van der Waals surface area contributed by atoms with Crippen molar-refractivity contribution in [2.75, 3.05) is 26.7 Å². The SMILES string of the molecule is COC(=O)c1ccc2ccn(CCCN3CCC(c4noc5cc(F)ccc45)CC3)c2c1. The number of methoxy groups -OCH3 is 1. The Balaban J connectivity index is 1.16. The van der Waals surface area contributed by atoms with E-state index >= 15 is 0 Å². The van der Waals surface area contributed by atoms with Crippen LogP contribution in [0.1, 0.15) is 41.2 Å². The van der Waals surface area contributed by atoms with Crippen molar-refractivity contribution in [3.63, 3.8) is 0 Å². The summed E-state index contributed by atoms with van der Waals surface area (Å²) in [6.45, 7) is 3.94. The number of carbonyl (C=O) groups excluding carboxylic acids is 1. The summed E-state index contributed by atoms with van der Waals surface area (Å²) < 4.78 is 25.8. The van der Waals surface area contributed by atoms with Crippen LogP contribution in [0.2, 0.25) is 0 Å². The molecule has 0 radical (unpaired) electrons. The molecule has 0 bridgehead atoms. The van der Waals surface area contributed by atoms with Crippen LogP contribution < -0.4 is 0 Å². The van der Waals surface area contributed by atoms with Gasteiger partial charge in [0.1, 0.15) is 5.82 Å². The molecule has 1 aliphatic rings. The molecule has 1 aliphatic heterocycles.